The lowest BCUT2D eigenvalue weighted by Crippen LogP contribution is -2.33. The van der Waals surface area contributed by atoms with E-state index in [1.807, 2.05) is 0 Å². The Labute approximate surface area is 102 Å². The quantitative estimate of drug-likeness (QED) is 0.592. The van der Waals surface area contributed by atoms with E-state index >= 15 is 0 Å². The summed E-state index contributed by atoms with van der Waals surface area (Å²) in [6.07, 6.45) is 0.375. The lowest BCUT2D eigenvalue weighted by molar-refractivity contribution is -0.121. The number of nitrogens with one attached hydrogen (secondary N) is 2. The number of amides is 2. The summed E-state index contributed by atoms with van der Waals surface area (Å²) in [4.78, 5) is 22.3. The number of carbonyl (C=O) groups is 2. The minimum absolute atomic E-state index is 0.0676. The van der Waals surface area contributed by atoms with Gasteiger partial charge in [0.2, 0.25) is 5.91 Å². The molecule has 0 bridgehead atoms. The number of aliphatic hydroxyl groups is 1. The molecule has 0 aliphatic rings. The van der Waals surface area contributed by atoms with Crippen LogP contribution >= 0.6 is 0 Å². The molecule has 0 aromatic rings. The van der Waals surface area contributed by atoms with Gasteiger partial charge in [0.1, 0.15) is 5.60 Å². The lowest BCUT2D eigenvalue weighted by atomic mass is 10.2. The average Bonchev–Trinajstić information content (AvgIpc) is 2.19. The third-order valence-corrected chi connectivity index (χ3v) is 1.68. The van der Waals surface area contributed by atoms with Crippen LogP contribution in [-0.4, -0.2) is 42.4 Å². The van der Waals surface area contributed by atoms with Crippen LogP contribution in [0.25, 0.3) is 0 Å². The minimum atomic E-state index is -0.511. The molecule has 0 saturated carbocycles. The van der Waals surface area contributed by atoms with Crippen molar-refractivity contribution in [2.45, 2.75) is 39.2 Å². The van der Waals surface area contributed by atoms with Crippen molar-refractivity contribution in [1.82, 2.24) is 10.6 Å². The highest BCUT2D eigenvalue weighted by Crippen LogP contribution is 2.06. The normalized spacial score (nSPS) is 10.8. The highest BCUT2D eigenvalue weighted by atomic mass is 16.6. The van der Waals surface area contributed by atoms with Gasteiger partial charge in [-0.15, -0.1) is 0 Å². The van der Waals surface area contributed by atoms with Gasteiger partial charge in [0, 0.05) is 19.5 Å². The van der Waals surface area contributed by atoms with E-state index in [1.54, 1.807) is 20.8 Å². The van der Waals surface area contributed by atoms with E-state index in [0.717, 1.165) is 0 Å². The number of hydrogen-bond donors (Lipinski definition) is 3. The Balaban J connectivity index is 3.51. The van der Waals surface area contributed by atoms with Crippen molar-refractivity contribution >= 4 is 12.0 Å². The Hall–Kier alpha value is -1.30. The first-order valence-corrected chi connectivity index (χ1v) is 5.69. The summed E-state index contributed by atoms with van der Waals surface area (Å²) in [5.74, 6) is -0.134. The Morgan fingerprint density at radius 3 is 2.35 bits per heavy atom. The monoisotopic (exact) mass is 246 g/mol. The largest absolute Gasteiger partial charge is 0.444 e. The fourth-order valence-electron chi connectivity index (χ4n) is 1.04. The molecule has 6 heteroatoms. The molecule has 6 nitrogen and oxygen atoms in total. The number of ether oxygens (including phenoxy) is 1. The Morgan fingerprint density at radius 2 is 1.82 bits per heavy atom. The zero-order valence-corrected chi connectivity index (χ0v) is 10.7. The second kappa shape index (κ2) is 7.89. The summed E-state index contributed by atoms with van der Waals surface area (Å²) in [5.41, 5.74) is -0.511. The molecular weight excluding hydrogens is 224 g/mol. The first-order chi connectivity index (χ1) is 7.85. The lowest BCUT2D eigenvalue weighted by Gasteiger charge is -2.19. The van der Waals surface area contributed by atoms with Crippen LogP contribution in [0.2, 0.25) is 0 Å². The molecule has 0 aliphatic carbocycles. The molecule has 0 radical (unpaired) electrons. The van der Waals surface area contributed by atoms with Crippen LogP contribution < -0.4 is 10.6 Å². The highest BCUT2D eigenvalue weighted by Gasteiger charge is 2.15. The first-order valence-electron chi connectivity index (χ1n) is 5.69. The number of hydrogen-bond acceptors (Lipinski definition) is 4. The molecule has 3 N–H and O–H groups in total. The molecule has 0 aromatic heterocycles. The van der Waals surface area contributed by atoms with Crippen LogP contribution in [0.5, 0.6) is 0 Å². The van der Waals surface area contributed by atoms with Gasteiger partial charge in [-0.25, -0.2) is 4.79 Å². The van der Waals surface area contributed by atoms with Gasteiger partial charge in [0.25, 0.3) is 0 Å². The smallest absolute Gasteiger partial charge is 0.407 e. The summed E-state index contributed by atoms with van der Waals surface area (Å²) in [5, 5.41) is 13.6. The Bertz CT molecular complexity index is 248. The Morgan fingerprint density at radius 1 is 1.18 bits per heavy atom. The van der Waals surface area contributed by atoms with Gasteiger partial charge in [0.05, 0.1) is 6.61 Å². The summed E-state index contributed by atoms with van der Waals surface area (Å²) >= 11 is 0. The van der Waals surface area contributed by atoms with Crippen LogP contribution in [0, 0.1) is 0 Å². The van der Waals surface area contributed by atoms with Crippen LogP contribution in [0.3, 0.4) is 0 Å². The predicted molar refractivity (Wildman–Crippen MR) is 63.6 cm³/mol. The molecule has 0 rings (SSSR count). The highest BCUT2D eigenvalue weighted by molar-refractivity contribution is 5.75. The van der Waals surface area contributed by atoms with Crippen molar-refractivity contribution in [2.24, 2.45) is 0 Å². The first kappa shape index (κ1) is 15.7. The van der Waals surface area contributed by atoms with Crippen molar-refractivity contribution in [3.05, 3.63) is 0 Å². The van der Waals surface area contributed by atoms with E-state index in [2.05, 4.69) is 10.6 Å². The second-order valence-electron chi connectivity index (χ2n) is 4.61. The van der Waals surface area contributed by atoms with E-state index in [-0.39, 0.29) is 19.1 Å². The van der Waals surface area contributed by atoms with Gasteiger partial charge >= 0.3 is 6.09 Å². The molecule has 100 valence electrons. The average molecular weight is 246 g/mol. The molecule has 0 unspecified atom stereocenters. The summed E-state index contributed by atoms with van der Waals surface area (Å²) < 4.78 is 5.03. The molecule has 0 saturated heterocycles. The molecule has 0 aliphatic heterocycles. The second-order valence-corrected chi connectivity index (χ2v) is 4.61. The number of carbonyl (C=O) groups excluding carboxylic acids is 2. The van der Waals surface area contributed by atoms with Crippen LogP contribution in [-0.2, 0) is 9.53 Å². The van der Waals surface area contributed by atoms with Gasteiger partial charge in [-0.3, -0.25) is 4.79 Å². The molecule has 0 fully saturated rings. The number of rotatable bonds is 6. The zero-order chi connectivity index (χ0) is 13.3. The number of aliphatic hydroxyl groups excluding tert-OH is 1. The van der Waals surface area contributed by atoms with Crippen molar-refractivity contribution in [2.75, 3.05) is 19.7 Å². The van der Waals surface area contributed by atoms with Gasteiger partial charge in [-0.2, -0.15) is 0 Å². The molecule has 0 atom stereocenters. The molecule has 0 heterocycles. The summed E-state index contributed by atoms with van der Waals surface area (Å²) in [7, 11) is 0. The van der Waals surface area contributed by atoms with E-state index in [4.69, 9.17) is 9.84 Å². The van der Waals surface area contributed by atoms with Crippen LogP contribution in [0.1, 0.15) is 33.6 Å². The van der Waals surface area contributed by atoms with Gasteiger partial charge in [0.15, 0.2) is 0 Å². The predicted octanol–water partition coefficient (Wildman–Crippen LogP) is 0.400. The number of alkyl carbamates (subject to hydrolysis) is 1. The third kappa shape index (κ3) is 11.0. The molecule has 2 amide bonds. The van der Waals surface area contributed by atoms with Gasteiger partial charge in [-0.1, -0.05) is 0 Å². The fourth-order valence-corrected chi connectivity index (χ4v) is 1.04. The van der Waals surface area contributed by atoms with Crippen molar-refractivity contribution in [3.8, 4) is 0 Å². The van der Waals surface area contributed by atoms with Crippen molar-refractivity contribution in [1.29, 1.82) is 0 Å². The SMILES string of the molecule is CC(C)(C)OC(=O)NCCCC(=O)NCCO. The third-order valence-electron chi connectivity index (χ3n) is 1.68. The van der Waals surface area contributed by atoms with E-state index in [1.165, 1.54) is 0 Å². The van der Waals surface area contributed by atoms with E-state index < -0.39 is 11.7 Å². The topological polar surface area (TPSA) is 87.7 Å². The summed E-state index contributed by atoms with van der Waals surface area (Å²) in [6.45, 7) is 5.94. The standard InChI is InChI=1S/C11H22N2O4/c1-11(2,3)17-10(16)13-6-4-5-9(15)12-7-8-14/h14H,4-8H2,1-3H3,(H,12,15)(H,13,16). The van der Waals surface area contributed by atoms with E-state index in [9.17, 15) is 9.59 Å². The Kier molecular flexibility index (Phi) is 7.29. The minimum Gasteiger partial charge on any atom is -0.444 e. The van der Waals surface area contributed by atoms with Crippen LogP contribution in [0.15, 0.2) is 0 Å². The molecular formula is C11H22N2O4. The van der Waals surface area contributed by atoms with Crippen molar-refractivity contribution < 1.29 is 19.4 Å². The summed E-state index contributed by atoms with van der Waals surface area (Å²) in [6, 6.07) is 0. The van der Waals surface area contributed by atoms with Crippen molar-refractivity contribution in [3.63, 3.8) is 0 Å². The molecule has 17 heavy (non-hydrogen) atoms. The zero-order valence-electron chi connectivity index (χ0n) is 10.7. The van der Waals surface area contributed by atoms with E-state index in [0.29, 0.717) is 19.4 Å². The molecule has 0 aromatic carbocycles. The maximum absolute atomic E-state index is 11.2. The van der Waals surface area contributed by atoms with Gasteiger partial charge < -0.3 is 20.5 Å². The van der Waals surface area contributed by atoms with Crippen LogP contribution in [0.4, 0.5) is 4.79 Å². The fraction of sp³-hybridized carbons (Fsp3) is 0.818. The maximum Gasteiger partial charge on any atom is 0.407 e. The maximum atomic E-state index is 11.2. The van der Waals surface area contributed by atoms with Gasteiger partial charge in [-0.05, 0) is 27.2 Å². The molecule has 0 spiro atoms.